The molecular weight excluding hydrogens is 390 g/mol. The summed E-state index contributed by atoms with van der Waals surface area (Å²) in [7, 11) is 1.51. The Bertz CT molecular complexity index is 1070. The maximum Gasteiger partial charge on any atom is 0.311 e. The number of carbonyl (C=O) groups is 1. The van der Waals surface area contributed by atoms with Gasteiger partial charge in [-0.3, -0.25) is 4.79 Å². The van der Waals surface area contributed by atoms with Crippen molar-refractivity contribution in [3.63, 3.8) is 0 Å². The van der Waals surface area contributed by atoms with Crippen molar-refractivity contribution >= 4 is 17.6 Å². The molecule has 0 aliphatic carbocycles. The van der Waals surface area contributed by atoms with Crippen molar-refractivity contribution < 1.29 is 19.0 Å². The van der Waals surface area contributed by atoms with Crippen LogP contribution in [0.3, 0.4) is 0 Å². The monoisotopic (exact) mass is 413 g/mol. The van der Waals surface area contributed by atoms with Gasteiger partial charge >= 0.3 is 5.97 Å². The second-order valence-electron chi connectivity index (χ2n) is 6.69. The minimum atomic E-state index is -0.361. The normalized spacial score (nSPS) is 10.8. The van der Waals surface area contributed by atoms with E-state index in [1.54, 1.807) is 24.3 Å². The summed E-state index contributed by atoms with van der Waals surface area (Å²) in [4.78, 5) is 12.2. The Labute approximate surface area is 182 Å². The van der Waals surface area contributed by atoms with Gasteiger partial charge < -0.3 is 14.2 Å². The molecule has 0 aliphatic heterocycles. The summed E-state index contributed by atoms with van der Waals surface area (Å²) in [5.74, 6) is 1.17. The van der Waals surface area contributed by atoms with E-state index < -0.39 is 0 Å². The van der Waals surface area contributed by atoms with Gasteiger partial charge in [0, 0.05) is 6.42 Å². The number of nitrogens with zero attached hydrogens (tertiary/aromatic N) is 1. The molecule has 31 heavy (non-hydrogen) atoms. The van der Waals surface area contributed by atoms with Gasteiger partial charge in [0.15, 0.2) is 11.5 Å². The van der Waals surface area contributed by atoms with E-state index in [1.165, 1.54) is 7.11 Å². The number of nitriles is 1. The van der Waals surface area contributed by atoms with Crippen LogP contribution in [0.15, 0.2) is 78.9 Å². The number of carbonyl (C=O) groups excluding carboxylic acids is 1. The van der Waals surface area contributed by atoms with Crippen molar-refractivity contribution in [2.75, 3.05) is 13.7 Å². The summed E-state index contributed by atoms with van der Waals surface area (Å²) in [6.45, 7) is 0.427. The molecule has 156 valence electrons. The first-order valence-electron chi connectivity index (χ1n) is 9.93. The molecule has 3 rings (SSSR count). The largest absolute Gasteiger partial charge is 0.494 e. The zero-order valence-corrected chi connectivity index (χ0v) is 17.3. The lowest BCUT2D eigenvalue weighted by atomic mass is 10.0. The summed E-state index contributed by atoms with van der Waals surface area (Å²) < 4.78 is 16.4. The maximum atomic E-state index is 12.2. The second-order valence-corrected chi connectivity index (χ2v) is 6.69. The molecule has 5 heteroatoms. The van der Waals surface area contributed by atoms with E-state index in [0.717, 1.165) is 16.9 Å². The summed E-state index contributed by atoms with van der Waals surface area (Å²) in [5.41, 5.74) is 2.14. The lowest BCUT2D eigenvalue weighted by molar-refractivity contribution is -0.134. The van der Waals surface area contributed by atoms with Crippen LogP contribution in [-0.4, -0.2) is 19.7 Å². The first-order valence-corrected chi connectivity index (χ1v) is 9.93. The molecule has 0 aliphatic rings. The van der Waals surface area contributed by atoms with Gasteiger partial charge in [-0.2, -0.15) is 5.26 Å². The van der Waals surface area contributed by atoms with E-state index in [1.807, 2.05) is 60.7 Å². The number of hydrogen-bond donors (Lipinski definition) is 0. The van der Waals surface area contributed by atoms with Gasteiger partial charge in [-0.1, -0.05) is 54.6 Å². The lowest BCUT2D eigenvalue weighted by Crippen LogP contribution is -2.10. The third-order valence-corrected chi connectivity index (χ3v) is 4.46. The first-order chi connectivity index (χ1) is 15.2. The molecule has 0 saturated carbocycles. The number of benzene rings is 3. The summed E-state index contributed by atoms with van der Waals surface area (Å²) in [6, 6.07) is 26.3. The van der Waals surface area contributed by atoms with Gasteiger partial charge in [-0.25, -0.2) is 0 Å². The van der Waals surface area contributed by atoms with Crippen molar-refractivity contribution in [2.24, 2.45) is 0 Å². The van der Waals surface area contributed by atoms with Crippen LogP contribution in [0.2, 0.25) is 0 Å². The number of methoxy groups -OCH3 is 1. The molecule has 0 fully saturated rings. The highest BCUT2D eigenvalue weighted by molar-refractivity contribution is 5.89. The summed E-state index contributed by atoms with van der Waals surface area (Å²) in [5, 5.41) is 9.49. The van der Waals surface area contributed by atoms with Gasteiger partial charge in [-0.05, 0) is 47.9 Å². The molecular formula is C26H23NO4. The highest BCUT2D eigenvalue weighted by Crippen LogP contribution is 2.30. The maximum absolute atomic E-state index is 12.2. The third kappa shape index (κ3) is 6.48. The van der Waals surface area contributed by atoms with E-state index in [2.05, 4.69) is 6.07 Å². The molecule has 0 radical (unpaired) electrons. The Balaban J connectivity index is 1.60. The fraction of sp³-hybridized carbons (Fsp3) is 0.154. The molecule has 0 saturated heterocycles. The minimum absolute atomic E-state index is 0.226. The smallest absolute Gasteiger partial charge is 0.311 e. The number of esters is 1. The van der Waals surface area contributed by atoms with Gasteiger partial charge in [0.05, 0.1) is 25.4 Å². The average Bonchev–Trinajstić information content (AvgIpc) is 2.82. The van der Waals surface area contributed by atoms with Gasteiger partial charge in [0.1, 0.15) is 5.75 Å². The van der Waals surface area contributed by atoms with E-state index in [0.29, 0.717) is 30.1 Å². The Morgan fingerprint density at radius 2 is 1.68 bits per heavy atom. The Hall–Kier alpha value is -4.04. The molecule has 0 aromatic heterocycles. The van der Waals surface area contributed by atoms with Crippen LogP contribution in [-0.2, 0) is 4.79 Å². The highest BCUT2D eigenvalue weighted by atomic mass is 16.6. The number of rotatable bonds is 9. The fourth-order valence-corrected chi connectivity index (χ4v) is 2.92. The van der Waals surface area contributed by atoms with Crippen molar-refractivity contribution in [1.29, 1.82) is 5.26 Å². The quantitative estimate of drug-likeness (QED) is 0.152. The Morgan fingerprint density at radius 3 is 2.35 bits per heavy atom. The molecule has 0 N–H and O–H groups in total. The lowest BCUT2D eigenvalue weighted by Gasteiger charge is -2.10. The van der Waals surface area contributed by atoms with E-state index in [4.69, 9.17) is 14.2 Å². The zero-order chi connectivity index (χ0) is 21.9. The van der Waals surface area contributed by atoms with Crippen LogP contribution >= 0.6 is 0 Å². The fourth-order valence-electron chi connectivity index (χ4n) is 2.92. The molecule has 0 spiro atoms. The predicted octanol–water partition coefficient (Wildman–Crippen LogP) is 5.52. The molecule has 0 atom stereocenters. The minimum Gasteiger partial charge on any atom is -0.494 e. The van der Waals surface area contributed by atoms with Crippen LogP contribution in [0.25, 0.3) is 11.6 Å². The average molecular weight is 413 g/mol. The standard InChI is InChI=1S/C26H23NO4/c1-29-25-18-20(17-22(19-27)21-9-4-2-5-10-21)14-15-24(25)31-26(28)13-8-16-30-23-11-6-3-7-12-23/h2-7,9-12,14-15,17-18H,8,13,16H2,1H3/b22-17-. The predicted molar refractivity (Wildman–Crippen MR) is 120 cm³/mol. The summed E-state index contributed by atoms with van der Waals surface area (Å²) in [6.07, 6.45) is 2.54. The van der Waals surface area contributed by atoms with Gasteiger partial charge in [0.25, 0.3) is 0 Å². The first kappa shape index (κ1) is 21.7. The Kier molecular flexibility index (Phi) is 7.84. The van der Waals surface area contributed by atoms with Crippen LogP contribution in [0.5, 0.6) is 17.2 Å². The number of allylic oxidation sites excluding steroid dienone is 1. The number of hydrogen-bond acceptors (Lipinski definition) is 5. The van der Waals surface area contributed by atoms with E-state index in [9.17, 15) is 10.1 Å². The third-order valence-electron chi connectivity index (χ3n) is 4.46. The second kappa shape index (κ2) is 11.2. The van der Waals surface area contributed by atoms with Gasteiger partial charge in [-0.15, -0.1) is 0 Å². The van der Waals surface area contributed by atoms with Crippen molar-refractivity contribution in [3.8, 4) is 23.3 Å². The molecule has 0 amide bonds. The Morgan fingerprint density at radius 1 is 0.968 bits per heavy atom. The van der Waals surface area contributed by atoms with Crippen LogP contribution in [0.4, 0.5) is 0 Å². The molecule has 3 aromatic rings. The van der Waals surface area contributed by atoms with E-state index in [-0.39, 0.29) is 12.4 Å². The van der Waals surface area contributed by atoms with Gasteiger partial charge in [0.2, 0.25) is 0 Å². The van der Waals surface area contributed by atoms with Crippen LogP contribution < -0.4 is 14.2 Å². The SMILES string of the molecule is COc1cc(/C=C(/C#N)c2ccccc2)ccc1OC(=O)CCCOc1ccccc1. The molecule has 0 unspecified atom stereocenters. The van der Waals surface area contributed by atoms with E-state index >= 15 is 0 Å². The highest BCUT2D eigenvalue weighted by Gasteiger charge is 2.11. The molecule has 0 bridgehead atoms. The number of ether oxygens (including phenoxy) is 3. The molecule has 3 aromatic carbocycles. The number of para-hydroxylation sites is 1. The van der Waals surface area contributed by atoms with Crippen LogP contribution in [0.1, 0.15) is 24.0 Å². The molecule has 5 nitrogen and oxygen atoms in total. The van der Waals surface area contributed by atoms with Crippen molar-refractivity contribution in [2.45, 2.75) is 12.8 Å². The topological polar surface area (TPSA) is 68.5 Å². The molecule has 0 heterocycles. The summed E-state index contributed by atoms with van der Waals surface area (Å²) >= 11 is 0. The zero-order valence-electron chi connectivity index (χ0n) is 17.3. The van der Waals surface area contributed by atoms with Crippen molar-refractivity contribution in [1.82, 2.24) is 0 Å². The van der Waals surface area contributed by atoms with Crippen LogP contribution in [0, 0.1) is 11.3 Å². The van der Waals surface area contributed by atoms with Crippen molar-refractivity contribution in [3.05, 3.63) is 90.0 Å².